The lowest BCUT2D eigenvalue weighted by Crippen LogP contribution is -2.19. The van der Waals surface area contributed by atoms with E-state index in [0.717, 1.165) is 0 Å². The highest BCUT2D eigenvalue weighted by Gasteiger charge is 2.66. The molecule has 74 valence electrons. The maximum Gasteiger partial charge on any atom is 0.312 e. The Hall–Kier alpha value is -0.830. The number of esters is 1. The summed E-state index contributed by atoms with van der Waals surface area (Å²) in [6.07, 6.45) is 1.71. The Kier molecular flexibility index (Phi) is 2.76. The molecule has 3 nitrogen and oxygen atoms in total. The minimum Gasteiger partial charge on any atom is -0.469 e. The number of hydrogen-bond acceptors (Lipinski definition) is 3. The number of ether oxygens (including phenoxy) is 2. The van der Waals surface area contributed by atoms with Gasteiger partial charge in [-0.25, -0.2) is 0 Å². The minimum absolute atomic E-state index is 0.171. The Bertz CT molecular complexity index is 224. The summed E-state index contributed by atoms with van der Waals surface area (Å²) in [7, 11) is 1.40. The van der Waals surface area contributed by atoms with Gasteiger partial charge in [-0.15, -0.1) is 6.58 Å². The van der Waals surface area contributed by atoms with Crippen LogP contribution in [0.2, 0.25) is 0 Å². The Morgan fingerprint density at radius 3 is 2.69 bits per heavy atom. The lowest BCUT2D eigenvalue weighted by molar-refractivity contribution is -0.144. The van der Waals surface area contributed by atoms with Crippen LogP contribution in [-0.2, 0) is 14.3 Å². The highest BCUT2D eigenvalue weighted by Crippen LogP contribution is 2.54. The van der Waals surface area contributed by atoms with E-state index in [1.807, 2.05) is 13.8 Å². The molecule has 0 N–H and O–H groups in total. The summed E-state index contributed by atoms with van der Waals surface area (Å²) in [6.45, 7) is 8.16. The van der Waals surface area contributed by atoms with Crippen molar-refractivity contribution in [2.45, 2.75) is 19.4 Å². The highest BCUT2D eigenvalue weighted by molar-refractivity contribution is 5.79. The van der Waals surface area contributed by atoms with Crippen LogP contribution >= 0.6 is 0 Å². The molecule has 0 aromatic rings. The van der Waals surface area contributed by atoms with E-state index in [9.17, 15) is 4.79 Å². The van der Waals surface area contributed by atoms with Crippen molar-refractivity contribution in [2.24, 2.45) is 11.8 Å². The van der Waals surface area contributed by atoms with Gasteiger partial charge >= 0.3 is 5.97 Å². The maximum atomic E-state index is 11.3. The summed E-state index contributed by atoms with van der Waals surface area (Å²) in [4.78, 5) is 11.3. The molecule has 0 aliphatic heterocycles. The van der Waals surface area contributed by atoms with Gasteiger partial charge in [0.15, 0.2) is 0 Å². The minimum atomic E-state index is -0.470. The molecule has 1 aliphatic rings. The van der Waals surface area contributed by atoms with E-state index < -0.39 is 5.60 Å². The fraction of sp³-hybridized carbons (Fsp3) is 0.700. The maximum absolute atomic E-state index is 11.3. The predicted molar refractivity (Wildman–Crippen MR) is 49.2 cm³/mol. The van der Waals surface area contributed by atoms with Crippen LogP contribution in [0.25, 0.3) is 0 Å². The van der Waals surface area contributed by atoms with Crippen molar-refractivity contribution in [3.05, 3.63) is 12.7 Å². The monoisotopic (exact) mass is 184 g/mol. The molecule has 0 aromatic heterocycles. The molecule has 0 radical (unpaired) electrons. The molecule has 0 unspecified atom stereocenters. The van der Waals surface area contributed by atoms with Crippen molar-refractivity contribution >= 4 is 5.97 Å². The van der Waals surface area contributed by atoms with Gasteiger partial charge in [-0.1, -0.05) is 13.0 Å². The van der Waals surface area contributed by atoms with Crippen LogP contribution < -0.4 is 0 Å². The Morgan fingerprint density at radius 2 is 2.31 bits per heavy atom. The highest BCUT2D eigenvalue weighted by atomic mass is 16.5. The molecule has 1 fully saturated rings. The smallest absolute Gasteiger partial charge is 0.312 e. The summed E-state index contributed by atoms with van der Waals surface area (Å²) in [5, 5.41) is 0. The normalized spacial score (nSPS) is 36.8. The predicted octanol–water partition coefficient (Wildman–Crippen LogP) is 1.39. The summed E-state index contributed by atoms with van der Waals surface area (Å²) in [6, 6.07) is 0. The van der Waals surface area contributed by atoms with Crippen molar-refractivity contribution in [1.82, 2.24) is 0 Å². The van der Waals surface area contributed by atoms with Crippen LogP contribution in [0.5, 0.6) is 0 Å². The van der Waals surface area contributed by atoms with Crippen molar-refractivity contribution in [3.8, 4) is 0 Å². The summed E-state index contributed by atoms with van der Waals surface area (Å²) in [5.41, 5.74) is -0.470. The van der Waals surface area contributed by atoms with Crippen molar-refractivity contribution in [3.63, 3.8) is 0 Å². The van der Waals surface area contributed by atoms with Gasteiger partial charge in [0.2, 0.25) is 0 Å². The summed E-state index contributed by atoms with van der Waals surface area (Å²) in [5.74, 6) is -0.201. The zero-order valence-electron chi connectivity index (χ0n) is 8.37. The first-order valence-electron chi connectivity index (χ1n) is 4.49. The number of carbonyl (C=O) groups excluding carboxylic acids is 1. The van der Waals surface area contributed by atoms with Gasteiger partial charge in [0, 0.05) is 12.5 Å². The van der Waals surface area contributed by atoms with E-state index in [1.165, 1.54) is 7.11 Å². The average Bonchev–Trinajstić information content (AvgIpc) is 2.72. The van der Waals surface area contributed by atoms with Crippen LogP contribution in [0.15, 0.2) is 12.7 Å². The van der Waals surface area contributed by atoms with Gasteiger partial charge in [-0.3, -0.25) is 4.79 Å². The van der Waals surface area contributed by atoms with E-state index in [4.69, 9.17) is 4.74 Å². The molecule has 0 aromatic carbocycles. The van der Waals surface area contributed by atoms with Gasteiger partial charge in [0.25, 0.3) is 0 Å². The van der Waals surface area contributed by atoms with Crippen molar-refractivity contribution in [1.29, 1.82) is 0 Å². The Morgan fingerprint density at radius 1 is 1.69 bits per heavy atom. The number of methoxy groups -OCH3 is 1. The zero-order chi connectivity index (χ0) is 10.1. The molecular formula is C10H16O3. The number of carbonyl (C=O) groups is 1. The molecule has 0 heterocycles. The van der Waals surface area contributed by atoms with E-state index in [2.05, 4.69) is 11.3 Å². The fourth-order valence-electron chi connectivity index (χ4n) is 1.91. The van der Waals surface area contributed by atoms with Gasteiger partial charge in [-0.05, 0) is 6.92 Å². The second kappa shape index (κ2) is 3.50. The molecule has 1 rings (SSSR count). The molecule has 13 heavy (non-hydrogen) atoms. The molecule has 3 heteroatoms. The third-order valence-corrected chi connectivity index (χ3v) is 2.76. The number of hydrogen-bond donors (Lipinski definition) is 0. The first-order chi connectivity index (χ1) is 6.14. The van der Waals surface area contributed by atoms with E-state index in [-0.39, 0.29) is 17.8 Å². The second-order valence-corrected chi connectivity index (χ2v) is 3.28. The second-order valence-electron chi connectivity index (χ2n) is 3.28. The van der Waals surface area contributed by atoms with Gasteiger partial charge in [-0.2, -0.15) is 0 Å². The third-order valence-electron chi connectivity index (χ3n) is 2.76. The summed E-state index contributed by atoms with van der Waals surface area (Å²) < 4.78 is 10.2. The first-order valence-corrected chi connectivity index (χ1v) is 4.49. The van der Waals surface area contributed by atoms with Crippen molar-refractivity contribution in [2.75, 3.05) is 13.7 Å². The van der Waals surface area contributed by atoms with Gasteiger partial charge in [0.1, 0.15) is 5.60 Å². The van der Waals surface area contributed by atoms with E-state index in [1.54, 1.807) is 6.08 Å². The third kappa shape index (κ3) is 1.37. The molecule has 0 saturated heterocycles. The van der Waals surface area contributed by atoms with Crippen LogP contribution in [0, 0.1) is 11.8 Å². The lowest BCUT2D eigenvalue weighted by atomic mass is 10.2. The van der Waals surface area contributed by atoms with E-state index in [0.29, 0.717) is 6.61 Å². The molecule has 0 amide bonds. The Labute approximate surface area is 78.7 Å². The standard InChI is InChI=1S/C10H16O3/c1-5-10(13-6-2)7(3)8(10)9(11)12-4/h5,7-8H,1,6H2,2-4H3/t7-,8+,10+/m1/s1. The average molecular weight is 184 g/mol. The topological polar surface area (TPSA) is 35.5 Å². The van der Waals surface area contributed by atoms with Gasteiger partial charge < -0.3 is 9.47 Å². The van der Waals surface area contributed by atoms with E-state index >= 15 is 0 Å². The first kappa shape index (κ1) is 10.3. The van der Waals surface area contributed by atoms with Crippen molar-refractivity contribution < 1.29 is 14.3 Å². The molecule has 1 aliphatic carbocycles. The lowest BCUT2D eigenvalue weighted by Gasteiger charge is -2.11. The number of rotatable bonds is 4. The SMILES string of the molecule is C=C[C@]1(OCC)[C@H](C)[C@H]1C(=O)OC. The molecular weight excluding hydrogens is 168 g/mol. The van der Waals surface area contributed by atoms with Crippen LogP contribution in [-0.4, -0.2) is 25.3 Å². The van der Waals surface area contributed by atoms with Gasteiger partial charge in [0.05, 0.1) is 13.0 Å². The molecule has 0 bridgehead atoms. The Balaban J connectivity index is 2.71. The van der Waals surface area contributed by atoms with Crippen LogP contribution in [0.4, 0.5) is 0 Å². The quantitative estimate of drug-likeness (QED) is 0.489. The summed E-state index contributed by atoms with van der Waals surface area (Å²) >= 11 is 0. The molecule has 0 spiro atoms. The molecule has 1 saturated carbocycles. The molecule has 3 atom stereocenters. The van der Waals surface area contributed by atoms with Crippen LogP contribution in [0.3, 0.4) is 0 Å². The zero-order valence-corrected chi connectivity index (χ0v) is 8.37. The largest absolute Gasteiger partial charge is 0.469 e. The fourth-order valence-corrected chi connectivity index (χ4v) is 1.91. The van der Waals surface area contributed by atoms with Crippen LogP contribution in [0.1, 0.15) is 13.8 Å².